The number of halogens is 2. The average molecular weight is 354 g/mol. The van der Waals surface area contributed by atoms with Gasteiger partial charge in [-0.1, -0.05) is 18.5 Å². The topological polar surface area (TPSA) is 53.6 Å². The highest BCUT2D eigenvalue weighted by atomic mass is 79.9. The normalized spacial score (nSPS) is 10.3. The number of aromatic nitrogens is 2. The molecule has 104 valence electrons. The third-order valence-corrected chi connectivity index (χ3v) is 4.20. The number of nitriles is 1. The molecule has 0 saturated carbocycles. The molecule has 0 saturated heterocycles. The number of anilines is 1. The third-order valence-electron chi connectivity index (χ3n) is 3.05. The van der Waals surface area contributed by atoms with Gasteiger partial charge in [0.15, 0.2) is 0 Å². The number of rotatable bonds is 4. The molecule has 0 spiro atoms. The molecule has 0 fully saturated rings. The molecule has 1 N–H and O–H groups in total. The zero-order valence-corrected chi connectivity index (χ0v) is 13.6. The predicted molar refractivity (Wildman–Crippen MR) is 83.8 cm³/mol. The summed E-state index contributed by atoms with van der Waals surface area (Å²) in [5.74, 6) is 0. The molecule has 4 nitrogen and oxygen atoms in total. The van der Waals surface area contributed by atoms with Gasteiger partial charge in [-0.2, -0.15) is 10.4 Å². The van der Waals surface area contributed by atoms with Crippen LogP contribution in [0, 0.1) is 11.3 Å². The summed E-state index contributed by atoms with van der Waals surface area (Å²) < 4.78 is 2.85. The zero-order valence-electron chi connectivity index (χ0n) is 11.2. The molecule has 2 rings (SSSR count). The van der Waals surface area contributed by atoms with Gasteiger partial charge in [0.1, 0.15) is 6.07 Å². The van der Waals surface area contributed by atoms with Crippen molar-refractivity contribution in [3.8, 4) is 6.07 Å². The standard InChI is InChI=1S/C14H14BrClN4/c1-3-11-14(15)13(20(2)19-11)8-18-12-6-10(16)5-4-9(12)7-17/h4-6,18H,3,8H2,1-2H3. The molecular weight excluding hydrogens is 340 g/mol. The first kappa shape index (κ1) is 14.9. The van der Waals surface area contributed by atoms with E-state index in [0.717, 1.165) is 28.0 Å². The van der Waals surface area contributed by atoms with Crippen molar-refractivity contribution in [2.45, 2.75) is 19.9 Å². The summed E-state index contributed by atoms with van der Waals surface area (Å²) in [5, 5.41) is 17.4. The quantitative estimate of drug-likeness (QED) is 0.907. The third kappa shape index (κ3) is 2.97. The Labute approximate surface area is 131 Å². The van der Waals surface area contributed by atoms with E-state index in [2.05, 4.69) is 39.3 Å². The lowest BCUT2D eigenvalue weighted by molar-refractivity contribution is 0.706. The van der Waals surface area contributed by atoms with Gasteiger partial charge in [-0.05, 0) is 40.5 Å². The van der Waals surface area contributed by atoms with Gasteiger partial charge >= 0.3 is 0 Å². The van der Waals surface area contributed by atoms with Crippen LogP contribution in [0.15, 0.2) is 22.7 Å². The maximum absolute atomic E-state index is 9.10. The predicted octanol–water partition coefficient (Wildman–Crippen LogP) is 3.88. The first-order valence-corrected chi connectivity index (χ1v) is 7.37. The molecule has 2 aromatic rings. The number of benzene rings is 1. The molecule has 0 radical (unpaired) electrons. The Balaban J connectivity index is 2.23. The summed E-state index contributed by atoms with van der Waals surface area (Å²) in [7, 11) is 1.91. The molecule has 1 heterocycles. The SMILES string of the molecule is CCc1nn(C)c(CNc2cc(Cl)ccc2C#N)c1Br. The van der Waals surface area contributed by atoms with Crippen LogP contribution in [0.5, 0.6) is 0 Å². The molecule has 6 heteroatoms. The maximum Gasteiger partial charge on any atom is 0.101 e. The van der Waals surface area contributed by atoms with Crippen LogP contribution < -0.4 is 5.32 Å². The monoisotopic (exact) mass is 352 g/mol. The Hall–Kier alpha value is -1.51. The first-order chi connectivity index (χ1) is 9.56. The second-order valence-electron chi connectivity index (χ2n) is 4.34. The van der Waals surface area contributed by atoms with Crippen molar-refractivity contribution in [3.05, 3.63) is 44.6 Å². The minimum atomic E-state index is 0.569. The molecule has 0 aliphatic rings. The Morgan fingerprint density at radius 3 is 2.85 bits per heavy atom. The summed E-state index contributed by atoms with van der Waals surface area (Å²) >= 11 is 9.54. The molecule has 1 aromatic heterocycles. The lowest BCUT2D eigenvalue weighted by atomic mass is 10.2. The van der Waals surface area contributed by atoms with Gasteiger partial charge in [-0.3, -0.25) is 4.68 Å². The van der Waals surface area contributed by atoms with Gasteiger partial charge in [-0.25, -0.2) is 0 Å². The largest absolute Gasteiger partial charge is 0.378 e. The van der Waals surface area contributed by atoms with E-state index in [0.29, 0.717) is 17.1 Å². The minimum Gasteiger partial charge on any atom is -0.378 e. The van der Waals surface area contributed by atoms with Crippen molar-refractivity contribution >= 4 is 33.2 Å². The van der Waals surface area contributed by atoms with Crippen molar-refractivity contribution < 1.29 is 0 Å². The first-order valence-electron chi connectivity index (χ1n) is 6.20. The Morgan fingerprint density at radius 1 is 1.50 bits per heavy atom. The van der Waals surface area contributed by atoms with Crippen LogP contribution in [0.4, 0.5) is 5.69 Å². The molecule has 1 aromatic carbocycles. The highest BCUT2D eigenvalue weighted by Gasteiger charge is 2.12. The summed E-state index contributed by atoms with van der Waals surface area (Å²) in [6.45, 7) is 2.63. The van der Waals surface area contributed by atoms with Crippen molar-refractivity contribution in [2.24, 2.45) is 7.05 Å². The van der Waals surface area contributed by atoms with Gasteiger partial charge in [0.25, 0.3) is 0 Å². The van der Waals surface area contributed by atoms with E-state index in [-0.39, 0.29) is 0 Å². The Bertz CT molecular complexity index is 673. The molecule has 0 aliphatic heterocycles. The highest BCUT2D eigenvalue weighted by molar-refractivity contribution is 9.10. The summed E-state index contributed by atoms with van der Waals surface area (Å²) in [4.78, 5) is 0. The fraction of sp³-hybridized carbons (Fsp3) is 0.286. The van der Waals surface area contributed by atoms with Gasteiger partial charge in [0.05, 0.1) is 33.7 Å². The molecule has 0 amide bonds. The highest BCUT2D eigenvalue weighted by Crippen LogP contribution is 2.25. The van der Waals surface area contributed by atoms with E-state index in [1.54, 1.807) is 18.2 Å². The lowest BCUT2D eigenvalue weighted by Crippen LogP contribution is -2.07. The van der Waals surface area contributed by atoms with Gasteiger partial charge in [-0.15, -0.1) is 0 Å². The van der Waals surface area contributed by atoms with E-state index >= 15 is 0 Å². The van der Waals surface area contributed by atoms with E-state index < -0.39 is 0 Å². The van der Waals surface area contributed by atoms with Crippen LogP contribution in [0.1, 0.15) is 23.9 Å². The molecule has 0 bridgehead atoms. The lowest BCUT2D eigenvalue weighted by Gasteiger charge is -2.09. The average Bonchev–Trinajstić information content (AvgIpc) is 2.71. The second kappa shape index (κ2) is 6.29. The van der Waals surface area contributed by atoms with Crippen molar-refractivity contribution in [2.75, 3.05) is 5.32 Å². The van der Waals surface area contributed by atoms with Gasteiger partial charge in [0, 0.05) is 12.1 Å². The number of hydrogen-bond donors (Lipinski definition) is 1. The van der Waals surface area contributed by atoms with E-state index in [9.17, 15) is 0 Å². The van der Waals surface area contributed by atoms with E-state index in [1.807, 2.05) is 11.7 Å². The van der Waals surface area contributed by atoms with E-state index in [1.165, 1.54) is 0 Å². The van der Waals surface area contributed by atoms with Crippen molar-refractivity contribution in [1.82, 2.24) is 9.78 Å². The van der Waals surface area contributed by atoms with Gasteiger partial charge < -0.3 is 5.32 Å². The summed E-state index contributed by atoms with van der Waals surface area (Å²) in [6, 6.07) is 7.32. The van der Waals surface area contributed by atoms with Crippen molar-refractivity contribution in [3.63, 3.8) is 0 Å². The number of aryl methyl sites for hydroxylation is 2. The minimum absolute atomic E-state index is 0.569. The van der Waals surface area contributed by atoms with Gasteiger partial charge in [0.2, 0.25) is 0 Å². The number of nitrogens with one attached hydrogen (secondary N) is 1. The number of hydrogen-bond acceptors (Lipinski definition) is 3. The Kier molecular flexibility index (Phi) is 4.69. The number of nitrogens with zero attached hydrogens (tertiary/aromatic N) is 3. The smallest absolute Gasteiger partial charge is 0.101 e. The van der Waals surface area contributed by atoms with Crippen LogP contribution >= 0.6 is 27.5 Å². The van der Waals surface area contributed by atoms with Crippen LogP contribution in [0.2, 0.25) is 5.02 Å². The van der Waals surface area contributed by atoms with Crippen molar-refractivity contribution in [1.29, 1.82) is 5.26 Å². The maximum atomic E-state index is 9.10. The molecule has 0 atom stereocenters. The van der Waals surface area contributed by atoms with Crippen LogP contribution in [-0.4, -0.2) is 9.78 Å². The summed E-state index contributed by atoms with van der Waals surface area (Å²) in [6.07, 6.45) is 0.870. The Morgan fingerprint density at radius 2 is 2.25 bits per heavy atom. The van der Waals surface area contributed by atoms with Crippen LogP contribution in [-0.2, 0) is 20.0 Å². The molecule has 20 heavy (non-hydrogen) atoms. The fourth-order valence-electron chi connectivity index (χ4n) is 1.95. The molecular formula is C14H14BrClN4. The van der Waals surface area contributed by atoms with Crippen LogP contribution in [0.3, 0.4) is 0 Å². The summed E-state index contributed by atoms with van der Waals surface area (Å²) in [5.41, 5.74) is 3.36. The second-order valence-corrected chi connectivity index (χ2v) is 5.57. The van der Waals surface area contributed by atoms with Crippen LogP contribution in [0.25, 0.3) is 0 Å². The van der Waals surface area contributed by atoms with E-state index in [4.69, 9.17) is 16.9 Å². The fourth-order valence-corrected chi connectivity index (χ4v) is 2.88. The molecule has 0 aliphatic carbocycles. The zero-order chi connectivity index (χ0) is 14.7. The molecule has 0 unspecified atom stereocenters.